The lowest BCUT2D eigenvalue weighted by Crippen LogP contribution is -2.17. The van der Waals surface area contributed by atoms with E-state index in [4.69, 9.17) is 0 Å². The van der Waals surface area contributed by atoms with Gasteiger partial charge in [-0.2, -0.15) is 0 Å². The molecule has 1 radical (unpaired) electrons. The number of para-hydroxylation sites is 1. The van der Waals surface area contributed by atoms with Gasteiger partial charge in [0.2, 0.25) is 0 Å². The first-order valence-electron chi connectivity index (χ1n) is 5.02. The maximum absolute atomic E-state index is 3.32. The predicted octanol–water partition coefficient (Wildman–Crippen LogP) is 1.97. The number of aromatic nitrogens is 1. The van der Waals surface area contributed by atoms with Crippen LogP contribution in [-0.2, 0) is 5.41 Å². The van der Waals surface area contributed by atoms with Crippen molar-refractivity contribution in [1.82, 2.24) is 4.98 Å². The molecule has 1 aromatic carbocycles. The Labute approximate surface area is 88.0 Å². The fourth-order valence-corrected chi connectivity index (χ4v) is 2.07. The Bertz CT molecular complexity index is 442. The summed E-state index contributed by atoms with van der Waals surface area (Å²) < 4.78 is 0. The van der Waals surface area contributed by atoms with Crippen molar-refractivity contribution in [2.45, 2.75) is 19.3 Å². The second kappa shape index (κ2) is 3.28. The second-order valence-electron chi connectivity index (χ2n) is 4.26. The van der Waals surface area contributed by atoms with E-state index in [1.54, 1.807) is 0 Å². The lowest BCUT2D eigenvalue weighted by atomic mass is 9.86. The van der Waals surface area contributed by atoms with Gasteiger partial charge >= 0.3 is 0 Å². The summed E-state index contributed by atoms with van der Waals surface area (Å²) in [4.78, 5) is 3.32. The molecule has 1 aromatic heterocycles. The van der Waals surface area contributed by atoms with Crippen LogP contribution in [0, 0.1) is 6.04 Å². The van der Waals surface area contributed by atoms with Gasteiger partial charge in [-0.15, -0.1) is 0 Å². The molecule has 2 heteroatoms. The summed E-state index contributed by atoms with van der Waals surface area (Å²) in [5, 5.41) is 1.35. The summed E-state index contributed by atoms with van der Waals surface area (Å²) >= 11 is 0. The highest BCUT2D eigenvalue weighted by molar-refractivity contribution is 6.16. The van der Waals surface area contributed by atoms with Crippen molar-refractivity contribution < 1.29 is 0 Å². The quantitative estimate of drug-likeness (QED) is 0.717. The molecule has 0 spiro atoms. The smallest absolute Gasteiger partial charge is 0.0457 e. The third kappa shape index (κ3) is 1.40. The van der Waals surface area contributed by atoms with Crippen LogP contribution in [0.1, 0.15) is 19.4 Å². The minimum atomic E-state index is 0.200. The van der Waals surface area contributed by atoms with Crippen molar-refractivity contribution in [1.29, 1.82) is 0 Å². The van der Waals surface area contributed by atoms with Gasteiger partial charge in [0.15, 0.2) is 0 Å². The van der Waals surface area contributed by atoms with Crippen molar-refractivity contribution >= 4 is 21.1 Å². The Balaban J connectivity index is 2.64. The zero-order chi connectivity index (χ0) is 10.2. The first kappa shape index (κ1) is 9.53. The number of hydrogen-bond acceptors (Lipinski definition) is 0. The monoisotopic (exact) mass is 202 g/mol. The number of fused-ring (bicyclic) bond motifs is 1. The number of benzene rings is 1. The van der Waals surface area contributed by atoms with E-state index in [-0.39, 0.29) is 5.41 Å². The Morgan fingerprint density at radius 2 is 2.00 bits per heavy atom. The summed E-state index contributed by atoms with van der Waals surface area (Å²) in [7, 11) is 1.13. The molecule has 14 heavy (non-hydrogen) atoms. The second-order valence-corrected chi connectivity index (χ2v) is 4.84. The molecule has 0 atom stereocenters. The van der Waals surface area contributed by atoms with Crippen LogP contribution in [0.2, 0.25) is 0 Å². The zero-order valence-corrected chi connectivity index (χ0v) is 11.0. The summed E-state index contributed by atoms with van der Waals surface area (Å²) in [5.74, 6) is 0. The summed E-state index contributed by atoms with van der Waals surface area (Å²) in [5.41, 5.74) is 2.84. The van der Waals surface area contributed by atoms with Crippen LogP contribution in [0.3, 0.4) is 0 Å². The first-order chi connectivity index (χ1) is 6.65. The van der Waals surface area contributed by atoms with E-state index >= 15 is 0 Å². The van der Waals surface area contributed by atoms with Gasteiger partial charge in [-0.25, -0.2) is 0 Å². The highest BCUT2D eigenvalue weighted by Gasteiger charge is 2.21. The molecule has 73 valence electrons. The van der Waals surface area contributed by atoms with Gasteiger partial charge in [0.1, 0.15) is 0 Å². The highest BCUT2D eigenvalue weighted by atomic mass is 28.1. The topological polar surface area (TPSA) is 15.8 Å². The van der Waals surface area contributed by atoms with Crippen LogP contribution in [0.15, 0.2) is 30.5 Å². The lowest BCUT2D eigenvalue weighted by molar-refractivity contribution is 0.655. The zero-order valence-electron chi connectivity index (χ0n) is 8.96. The van der Waals surface area contributed by atoms with Gasteiger partial charge in [0, 0.05) is 27.3 Å². The number of H-pyrrole nitrogens is 1. The van der Waals surface area contributed by atoms with Gasteiger partial charge in [-0.1, -0.05) is 32.0 Å². The van der Waals surface area contributed by atoms with Gasteiger partial charge in [0.05, 0.1) is 0 Å². The van der Waals surface area contributed by atoms with E-state index in [2.05, 4.69) is 55.3 Å². The van der Waals surface area contributed by atoms with E-state index < -0.39 is 0 Å². The fourth-order valence-electron chi connectivity index (χ4n) is 1.76. The van der Waals surface area contributed by atoms with Crippen LogP contribution in [-0.4, -0.2) is 15.2 Å². The normalized spacial score (nSPS) is 12.4. The Morgan fingerprint density at radius 3 is 2.71 bits per heavy atom. The molecule has 0 unspecified atom stereocenters. The Morgan fingerprint density at radius 1 is 1.29 bits per heavy atom. The van der Waals surface area contributed by atoms with Crippen molar-refractivity contribution in [3.63, 3.8) is 0 Å². The van der Waals surface area contributed by atoms with Gasteiger partial charge in [-0.05, 0) is 23.1 Å². The molecule has 0 saturated heterocycles. The molecule has 1 nitrogen and oxygen atoms in total. The molecule has 1 heterocycles. The minimum Gasteiger partial charge on any atom is -0.361 e. The van der Waals surface area contributed by atoms with Crippen LogP contribution in [0.5, 0.6) is 0 Å². The number of nitrogens with one attached hydrogen (secondary N) is 1. The third-order valence-electron chi connectivity index (χ3n) is 3.01. The van der Waals surface area contributed by atoms with Crippen molar-refractivity contribution in [2.24, 2.45) is 0 Å². The van der Waals surface area contributed by atoms with E-state index in [9.17, 15) is 0 Å². The summed E-state index contributed by atoms with van der Waals surface area (Å²) in [6, 6.07) is 10.9. The van der Waals surface area contributed by atoms with Crippen LogP contribution >= 0.6 is 0 Å². The van der Waals surface area contributed by atoms with Crippen LogP contribution in [0.25, 0.3) is 10.9 Å². The molecule has 2 aromatic rings. The van der Waals surface area contributed by atoms with Gasteiger partial charge < -0.3 is 4.98 Å². The average molecular weight is 202 g/mol. The number of hydrogen-bond donors (Lipinski definition) is 1. The summed E-state index contributed by atoms with van der Waals surface area (Å²) in [6.45, 7) is 4.55. The van der Waals surface area contributed by atoms with Crippen molar-refractivity contribution in [2.75, 3.05) is 0 Å². The van der Waals surface area contributed by atoms with Gasteiger partial charge in [0.25, 0.3) is 0 Å². The fraction of sp³-hybridized carbons (Fsp3) is 0.250. The highest BCUT2D eigenvalue weighted by Crippen LogP contribution is 2.31. The molecule has 0 aliphatic heterocycles. The van der Waals surface area contributed by atoms with E-state index in [1.807, 2.05) is 0 Å². The van der Waals surface area contributed by atoms with Crippen LogP contribution in [0.4, 0.5) is 0 Å². The van der Waals surface area contributed by atoms with Gasteiger partial charge in [-0.3, -0.25) is 0 Å². The average Bonchev–Trinajstić information content (AvgIpc) is 2.61. The lowest BCUT2D eigenvalue weighted by Gasteiger charge is -2.21. The van der Waals surface area contributed by atoms with Crippen molar-refractivity contribution in [3.05, 3.63) is 42.1 Å². The van der Waals surface area contributed by atoms with E-state index in [0.29, 0.717) is 0 Å². The maximum Gasteiger partial charge on any atom is 0.0457 e. The maximum atomic E-state index is 3.32. The molecule has 0 aliphatic carbocycles. The van der Waals surface area contributed by atoms with E-state index in [1.165, 1.54) is 16.5 Å². The Kier molecular flexibility index (Phi) is 2.23. The van der Waals surface area contributed by atoms with Crippen LogP contribution < -0.4 is 0 Å². The largest absolute Gasteiger partial charge is 0.361 e. The molecule has 0 saturated carbocycles. The summed E-state index contributed by atoms with van der Waals surface area (Å²) in [6.07, 6.45) is 2.14. The number of rotatable bonds is 2. The first-order valence-corrected chi connectivity index (χ1v) is 6.18. The number of aromatic amines is 1. The Hall–Kier alpha value is -1.02. The van der Waals surface area contributed by atoms with E-state index in [0.717, 1.165) is 10.2 Å². The third-order valence-corrected chi connectivity index (χ3v) is 4.45. The SMILES string of the molecule is CC(C)([CH][SiH3])c1c[nH]c2ccccc12. The molecule has 0 fully saturated rings. The molecular weight excluding hydrogens is 186 g/mol. The van der Waals surface area contributed by atoms with Crippen molar-refractivity contribution in [3.8, 4) is 0 Å². The standard InChI is InChI=1S/C12H16NSi/c1-12(2,8-14)10-7-13-11-6-4-3-5-9(10)11/h3-8,13H,1-2,14H3. The molecular formula is C12H16NSi. The molecule has 2 rings (SSSR count). The molecule has 0 amide bonds. The molecule has 1 N–H and O–H groups in total. The minimum absolute atomic E-state index is 0.200. The molecule has 0 bridgehead atoms. The molecule has 0 aliphatic rings. The predicted molar refractivity (Wildman–Crippen MR) is 65.6 cm³/mol.